The van der Waals surface area contributed by atoms with Gasteiger partial charge in [-0.2, -0.15) is 0 Å². The number of hydrogen-bond acceptors (Lipinski definition) is 3. The fraction of sp³-hybridized carbons (Fsp3) is 0.926. The van der Waals surface area contributed by atoms with Crippen LogP contribution < -0.4 is 0 Å². The molecule has 0 amide bonds. The van der Waals surface area contributed by atoms with Gasteiger partial charge < -0.3 is 9.84 Å². The molecule has 3 unspecified atom stereocenters. The zero-order chi connectivity index (χ0) is 23.0. The minimum atomic E-state index is -0.869. The molecule has 0 aromatic carbocycles. The molecule has 0 saturated heterocycles. The molecule has 31 heavy (non-hydrogen) atoms. The molecule has 1 N–H and O–H groups in total. The third-order valence-electron chi connectivity index (χ3n) is 7.26. The first kappa shape index (κ1) is 28.0. The first-order valence-electron chi connectivity index (χ1n) is 13.4. The van der Waals surface area contributed by atoms with Gasteiger partial charge in [0.05, 0.1) is 11.3 Å². The Morgan fingerprint density at radius 3 is 1.90 bits per heavy atom. The number of carboxylic acids is 1. The molecule has 0 aromatic heterocycles. The van der Waals surface area contributed by atoms with Crippen LogP contribution in [0.25, 0.3) is 0 Å². The van der Waals surface area contributed by atoms with E-state index in [0.29, 0.717) is 12.8 Å². The summed E-state index contributed by atoms with van der Waals surface area (Å²) in [4.78, 5) is 24.7. The highest BCUT2D eigenvalue weighted by molar-refractivity contribution is 5.84. The van der Waals surface area contributed by atoms with E-state index in [2.05, 4.69) is 13.8 Å². The SMILES string of the molecule is CCCCCCCCCCCCCC(CCCC)OC(=O)C1(C)CCCCC1C(=O)O. The van der Waals surface area contributed by atoms with E-state index in [9.17, 15) is 14.7 Å². The highest BCUT2D eigenvalue weighted by Crippen LogP contribution is 2.42. The van der Waals surface area contributed by atoms with Gasteiger partial charge in [0.15, 0.2) is 0 Å². The number of carbonyl (C=O) groups is 2. The standard InChI is InChI=1S/C27H50O4/c1-4-6-8-9-10-11-12-13-14-15-16-20-23(19-7-5-2)31-26(30)27(3)22-18-17-21-24(27)25(28)29/h23-24H,4-22H2,1-3H3,(H,28,29). The van der Waals surface area contributed by atoms with Gasteiger partial charge in [0.25, 0.3) is 0 Å². The van der Waals surface area contributed by atoms with Gasteiger partial charge in [-0.1, -0.05) is 104 Å². The van der Waals surface area contributed by atoms with Crippen LogP contribution >= 0.6 is 0 Å². The Balaban J connectivity index is 2.34. The van der Waals surface area contributed by atoms with Crippen LogP contribution in [0.3, 0.4) is 0 Å². The summed E-state index contributed by atoms with van der Waals surface area (Å²) >= 11 is 0. The minimum Gasteiger partial charge on any atom is -0.481 e. The monoisotopic (exact) mass is 438 g/mol. The van der Waals surface area contributed by atoms with Crippen molar-refractivity contribution in [2.75, 3.05) is 0 Å². The molecule has 1 fully saturated rings. The summed E-state index contributed by atoms with van der Waals surface area (Å²) < 4.78 is 5.97. The van der Waals surface area contributed by atoms with Crippen molar-refractivity contribution in [3.05, 3.63) is 0 Å². The number of rotatable bonds is 18. The second-order valence-electron chi connectivity index (χ2n) is 10.0. The quantitative estimate of drug-likeness (QED) is 0.173. The summed E-state index contributed by atoms with van der Waals surface area (Å²) in [7, 11) is 0. The second kappa shape index (κ2) is 16.6. The maximum Gasteiger partial charge on any atom is 0.312 e. The van der Waals surface area contributed by atoms with Crippen LogP contribution in [0.2, 0.25) is 0 Å². The zero-order valence-corrected chi connectivity index (χ0v) is 20.8. The van der Waals surface area contributed by atoms with Crippen molar-refractivity contribution in [1.82, 2.24) is 0 Å². The van der Waals surface area contributed by atoms with Crippen LogP contribution in [0.15, 0.2) is 0 Å². The number of carboxylic acid groups (broad SMARTS) is 1. The first-order chi connectivity index (χ1) is 15.0. The molecule has 1 aliphatic carbocycles. The number of ether oxygens (including phenoxy) is 1. The highest BCUT2D eigenvalue weighted by atomic mass is 16.5. The molecule has 4 heteroatoms. The Bertz CT molecular complexity index is 490. The van der Waals surface area contributed by atoms with Crippen LogP contribution in [0.1, 0.15) is 143 Å². The third kappa shape index (κ3) is 10.9. The zero-order valence-electron chi connectivity index (χ0n) is 20.8. The van der Waals surface area contributed by atoms with E-state index in [-0.39, 0.29) is 12.1 Å². The second-order valence-corrected chi connectivity index (χ2v) is 10.0. The Hall–Kier alpha value is -1.06. The van der Waals surface area contributed by atoms with Crippen molar-refractivity contribution >= 4 is 11.9 Å². The molecule has 0 heterocycles. The van der Waals surface area contributed by atoms with E-state index >= 15 is 0 Å². The number of carbonyl (C=O) groups excluding carboxylic acids is 1. The van der Waals surface area contributed by atoms with Crippen LogP contribution in [-0.2, 0) is 14.3 Å². The van der Waals surface area contributed by atoms with Gasteiger partial charge >= 0.3 is 11.9 Å². The van der Waals surface area contributed by atoms with Crippen LogP contribution in [-0.4, -0.2) is 23.1 Å². The van der Waals surface area contributed by atoms with Gasteiger partial charge in [0.2, 0.25) is 0 Å². The van der Waals surface area contributed by atoms with E-state index in [1.165, 1.54) is 64.2 Å². The lowest BCUT2D eigenvalue weighted by Crippen LogP contribution is -2.44. The fourth-order valence-corrected chi connectivity index (χ4v) is 4.99. The minimum absolute atomic E-state index is 0.0563. The predicted molar refractivity (Wildman–Crippen MR) is 128 cm³/mol. The van der Waals surface area contributed by atoms with E-state index < -0.39 is 17.3 Å². The summed E-state index contributed by atoms with van der Waals surface area (Å²) in [5.74, 6) is -1.74. The molecule has 3 atom stereocenters. The number of hydrogen-bond donors (Lipinski definition) is 1. The van der Waals surface area contributed by atoms with Gasteiger partial charge in [-0.05, 0) is 39.0 Å². The normalized spacial score (nSPS) is 22.2. The average Bonchev–Trinajstić information content (AvgIpc) is 2.75. The summed E-state index contributed by atoms with van der Waals surface area (Å²) in [6, 6.07) is 0. The molecule has 0 aliphatic heterocycles. The summed E-state index contributed by atoms with van der Waals surface area (Å²) in [6.07, 6.45) is 21.3. The van der Waals surface area contributed by atoms with E-state index in [1.807, 2.05) is 6.92 Å². The Morgan fingerprint density at radius 2 is 1.35 bits per heavy atom. The van der Waals surface area contributed by atoms with Crippen LogP contribution in [0.4, 0.5) is 0 Å². The lowest BCUT2D eigenvalue weighted by atomic mass is 9.67. The maximum absolute atomic E-state index is 13.0. The number of aliphatic carboxylic acids is 1. The van der Waals surface area contributed by atoms with Crippen LogP contribution in [0.5, 0.6) is 0 Å². The predicted octanol–water partition coefficient (Wildman–Crippen LogP) is 8.07. The maximum atomic E-state index is 13.0. The molecule has 0 spiro atoms. The molecule has 0 bridgehead atoms. The molecular formula is C27H50O4. The van der Waals surface area contributed by atoms with E-state index in [1.54, 1.807) is 0 Å². The Morgan fingerprint density at radius 1 is 0.839 bits per heavy atom. The Kier molecular flexibility index (Phi) is 14.9. The summed E-state index contributed by atoms with van der Waals surface area (Å²) in [5, 5.41) is 9.61. The largest absolute Gasteiger partial charge is 0.481 e. The van der Waals surface area contributed by atoms with Crippen molar-refractivity contribution < 1.29 is 19.4 Å². The topological polar surface area (TPSA) is 63.6 Å². The third-order valence-corrected chi connectivity index (χ3v) is 7.26. The van der Waals surface area contributed by atoms with Crippen molar-refractivity contribution in [3.63, 3.8) is 0 Å². The Labute approximate surface area is 191 Å². The smallest absolute Gasteiger partial charge is 0.312 e. The average molecular weight is 439 g/mol. The van der Waals surface area contributed by atoms with Gasteiger partial charge in [0, 0.05) is 0 Å². The summed E-state index contributed by atoms with van der Waals surface area (Å²) in [6.45, 7) is 6.23. The lowest BCUT2D eigenvalue weighted by molar-refractivity contribution is -0.174. The van der Waals surface area contributed by atoms with Gasteiger partial charge in [-0.15, -0.1) is 0 Å². The van der Waals surface area contributed by atoms with E-state index in [0.717, 1.165) is 44.9 Å². The van der Waals surface area contributed by atoms with Crippen molar-refractivity contribution in [3.8, 4) is 0 Å². The first-order valence-corrected chi connectivity index (χ1v) is 13.4. The van der Waals surface area contributed by atoms with E-state index in [4.69, 9.17) is 4.74 Å². The molecule has 1 aliphatic rings. The lowest BCUT2D eigenvalue weighted by Gasteiger charge is -2.37. The van der Waals surface area contributed by atoms with Gasteiger partial charge in [0.1, 0.15) is 6.10 Å². The van der Waals surface area contributed by atoms with Gasteiger partial charge in [-0.3, -0.25) is 9.59 Å². The van der Waals surface area contributed by atoms with Crippen molar-refractivity contribution in [2.45, 2.75) is 149 Å². The molecular weight excluding hydrogens is 388 g/mol. The number of unbranched alkanes of at least 4 members (excludes halogenated alkanes) is 11. The van der Waals surface area contributed by atoms with Crippen molar-refractivity contribution in [1.29, 1.82) is 0 Å². The summed E-state index contributed by atoms with van der Waals surface area (Å²) in [5.41, 5.74) is -0.869. The molecule has 0 radical (unpaired) electrons. The fourth-order valence-electron chi connectivity index (χ4n) is 4.99. The van der Waals surface area contributed by atoms with Crippen LogP contribution in [0, 0.1) is 11.3 Å². The molecule has 1 rings (SSSR count). The van der Waals surface area contributed by atoms with Gasteiger partial charge in [-0.25, -0.2) is 0 Å². The molecule has 1 saturated carbocycles. The molecule has 182 valence electrons. The highest BCUT2D eigenvalue weighted by Gasteiger charge is 2.48. The number of esters is 1. The van der Waals surface area contributed by atoms with Crippen molar-refractivity contribution in [2.24, 2.45) is 11.3 Å². The molecule has 0 aromatic rings. The molecule has 4 nitrogen and oxygen atoms in total.